The van der Waals surface area contributed by atoms with E-state index in [1.54, 1.807) is 18.2 Å². The number of imidazole rings is 1. The second-order valence-corrected chi connectivity index (χ2v) is 7.01. The van der Waals surface area contributed by atoms with Crippen LogP contribution in [-0.2, 0) is 6.18 Å². The Morgan fingerprint density at radius 2 is 2.04 bits per heavy atom. The van der Waals surface area contributed by atoms with Crippen LogP contribution in [0.2, 0.25) is 0 Å². The van der Waals surface area contributed by atoms with Gasteiger partial charge in [-0.2, -0.15) is 13.2 Å². The topological polar surface area (TPSA) is 46.9 Å². The van der Waals surface area contributed by atoms with Crippen molar-refractivity contribution in [3.63, 3.8) is 0 Å². The molecule has 3 rings (SSSR count). The van der Waals surface area contributed by atoms with Gasteiger partial charge in [-0.05, 0) is 72.3 Å². The van der Waals surface area contributed by atoms with Crippen LogP contribution in [0.3, 0.4) is 0 Å². The van der Waals surface area contributed by atoms with E-state index in [1.807, 2.05) is 6.92 Å². The van der Waals surface area contributed by atoms with Crippen LogP contribution < -0.4 is 5.32 Å². The van der Waals surface area contributed by atoms with Gasteiger partial charge in [-0.15, -0.1) is 0 Å². The Bertz CT molecular complexity index is 1110. The molecule has 0 atom stereocenters. The van der Waals surface area contributed by atoms with E-state index in [1.165, 1.54) is 10.6 Å². The Morgan fingerprint density at radius 1 is 1.26 bits per heavy atom. The van der Waals surface area contributed by atoms with Crippen molar-refractivity contribution < 1.29 is 22.1 Å². The third-order valence-corrected chi connectivity index (χ3v) is 4.98. The number of halogens is 4. The highest BCUT2D eigenvalue weighted by Crippen LogP contribution is 2.33. The molecule has 2 aromatic carbocycles. The maximum Gasteiger partial charge on any atom is 0.416 e. The zero-order valence-electron chi connectivity index (χ0n) is 16.9. The van der Waals surface area contributed by atoms with Crippen molar-refractivity contribution >= 4 is 34.2 Å². The second-order valence-electron chi connectivity index (χ2n) is 5.85. The summed E-state index contributed by atoms with van der Waals surface area (Å²) in [4.78, 5) is 16.3. The zero-order valence-corrected chi connectivity index (χ0v) is 16.1. The van der Waals surface area contributed by atoms with Crippen LogP contribution in [0.1, 0.15) is 31.3 Å². The van der Waals surface area contributed by atoms with Gasteiger partial charge in [0.15, 0.2) is 0 Å². The van der Waals surface area contributed by atoms with Gasteiger partial charge in [0.25, 0.3) is 5.91 Å². The number of benzene rings is 2. The van der Waals surface area contributed by atoms with E-state index < -0.39 is 24.5 Å². The fourth-order valence-corrected chi connectivity index (χ4v) is 2.91. The van der Waals surface area contributed by atoms with Crippen LogP contribution in [0.5, 0.6) is 0 Å². The van der Waals surface area contributed by atoms with E-state index in [2.05, 4.69) is 32.9 Å². The predicted octanol–water partition coefficient (Wildman–Crippen LogP) is 5.36. The van der Waals surface area contributed by atoms with Gasteiger partial charge < -0.3 is 9.88 Å². The van der Waals surface area contributed by atoms with E-state index in [0.29, 0.717) is 5.56 Å². The summed E-state index contributed by atoms with van der Waals surface area (Å²) >= 11 is 2.07. The fraction of sp³-hybridized carbons (Fsp3) is 0.158. The van der Waals surface area contributed by atoms with E-state index in [4.69, 9.17) is 4.11 Å². The van der Waals surface area contributed by atoms with Gasteiger partial charge >= 0.3 is 6.18 Å². The van der Waals surface area contributed by atoms with Crippen LogP contribution >= 0.6 is 22.6 Å². The normalized spacial score (nSPS) is 13.6. The average Bonchev–Trinajstić information content (AvgIpc) is 3.13. The maximum atomic E-state index is 13.4. The van der Waals surface area contributed by atoms with Crippen molar-refractivity contribution in [3.8, 4) is 5.69 Å². The summed E-state index contributed by atoms with van der Waals surface area (Å²) in [6.45, 7) is -0.617. The van der Waals surface area contributed by atoms with Crippen LogP contribution in [0, 0.1) is 17.3 Å². The minimum Gasteiger partial charge on any atom is -0.322 e. The van der Waals surface area contributed by atoms with Crippen molar-refractivity contribution in [2.24, 2.45) is 0 Å². The molecule has 0 aliphatic heterocycles. The van der Waals surface area contributed by atoms with Crippen LogP contribution in [0.25, 0.3) is 5.69 Å². The van der Waals surface area contributed by atoms with Gasteiger partial charge in [0.1, 0.15) is 0 Å². The molecule has 0 aliphatic carbocycles. The third-order valence-electron chi connectivity index (χ3n) is 3.82. The molecular weight excluding hydrogens is 470 g/mol. The Morgan fingerprint density at radius 3 is 2.67 bits per heavy atom. The summed E-state index contributed by atoms with van der Waals surface area (Å²) in [7, 11) is 0. The number of rotatable bonds is 3. The molecule has 0 fully saturated rings. The highest BCUT2D eigenvalue weighted by Gasteiger charge is 2.31. The summed E-state index contributed by atoms with van der Waals surface area (Å²) in [6.07, 6.45) is -2.41. The molecule has 8 heteroatoms. The number of nitrogens with zero attached hydrogens (tertiary/aromatic N) is 2. The molecule has 0 spiro atoms. The van der Waals surface area contributed by atoms with Crippen molar-refractivity contribution in [3.05, 3.63) is 74.9 Å². The molecule has 1 heterocycles. The molecule has 0 aliphatic rings. The molecular formula is C19H15F3IN3O. The summed E-state index contributed by atoms with van der Waals surface area (Å²) in [5.41, 5.74) is -0.0289. The highest BCUT2D eigenvalue weighted by atomic mass is 127. The molecule has 0 radical (unpaired) electrons. The highest BCUT2D eigenvalue weighted by molar-refractivity contribution is 14.1. The van der Waals surface area contributed by atoms with Crippen molar-refractivity contribution in [1.29, 1.82) is 0 Å². The minimum absolute atomic E-state index is 0.0154. The Balaban J connectivity index is 2.00. The second kappa shape index (κ2) is 7.34. The lowest BCUT2D eigenvalue weighted by Gasteiger charge is -2.14. The standard InChI is InChI=1S/C19H15F3IN3O/c1-11-3-4-13(5-17(11)23)18(27)25-15-6-14(19(20,21)22)7-16(8-15)26-9-12(2)24-10-26/h3-10H,1-2H3,(H,25,27)/i2D3. The van der Waals surface area contributed by atoms with Gasteiger partial charge in [-0.3, -0.25) is 4.79 Å². The third kappa shape index (κ3) is 4.49. The Hall–Kier alpha value is -2.36. The number of carbonyl (C=O) groups excluding carboxylic acids is 1. The van der Waals surface area contributed by atoms with E-state index in [0.717, 1.165) is 33.8 Å². The molecule has 1 amide bonds. The lowest BCUT2D eigenvalue weighted by molar-refractivity contribution is -0.137. The Labute approximate surface area is 171 Å². The first-order chi connectivity index (χ1) is 13.8. The molecule has 0 unspecified atom stereocenters. The van der Waals surface area contributed by atoms with Gasteiger partial charge in [0.05, 0.1) is 17.6 Å². The van der Waals surface area contributed by atoms with Crippen LogP contribution in [0.4, 0.5) is 18.9 Å². The number of alkyl halides is 3. The first-order valence-electron chi connectivity index (χ1n) is 9.19. The molecule has 3 aromatic rings. The quantitative estimate of drug-likeness (QED) is 0.505. The zero-order chi connectivity index (χ0) is 22.3. The fourth-order valence-electron chi connectivity index (χ4n) is 2.40. The first kappa shape index (κ1) is 15.7. The minimum atomic E-state index is -4.66. The number of amides is 1. The SMILES string of the molecule is [2H]C([2H])([2H])c1cn(-c2cc(NC(=O)c3ccc(C)c(I)c3)cc(C(F)(F)F)c2)cn1. The number of carbonyl (C=O) groups is 1. The van der Waals surface area contributed by atoms with E-state index in [-0.39, 0.29) is 17.1 Å². The van der Waals surface area contributed by atoms with Crippen molar-refractivity contribution in [2.45, 2.75) is 20.0 Å². The first-order valence-corrected chi connectivity index (χ1v) is 8.77. The molecule has 1 N–H and O–H groups in total. The molecule has 1 aromatic heterocycles. The van der Waals surface area contributed by atoms with Gasteiger partial charge in [0.2, 0.25) is 0 Å². The number of hydrogen-bond acceptors (Lipinski definition) is 2. The molecule has 27 heavy (non-hydrogen) atoms. The molecule has 0 bridgehead atoms. The number of aromatic nitrogens is 2. The molecule has 4 nitrogen and oxygen atoms in total. The summed E-state index contributed by atoms with van der Waals surface area (Å²) in [5.74, 6) is -0.563. The van der Waals surface area contributed by atoms with Crippen LogP contribution in [-0.4, -0.2) is 15.5 Å². The van der Waals surface area contributed by atoms with Gasteiger partial charge in [0, 0.05) is 30.8 Å². The van der Waals surface area contributed by atoms with E-state index in [9.17, 15) is 18.0 Å². The van der Waals surface area contributed by atoms with Crippen LogP contribution in [0.15, 0.2) is 48.9 Å². The number of anilines is 1. The number of hydrogen-bond donors (Lipinski definition) is 1. The van der Waals surface area contributed by atoms with Gasteiger partial charge in [-0.1, -0.05) is 6.07 Å². The molecule has 0 saturated carbocycles. The predicted molar refractivity (Wildman–Crippen MR) is 105 cm³/mol. The lowest BCUT2D eigenvalue weighted by Crippen LogP contribution is -2.14. The molecule has 0 saturated heterocycles. The summed E-state index contributed by atoms with van der Waals surface area (Å²) in [5, 5.41) is 2.48. The number of aryl methyl sites for hydroxylation is 2. The van der Waals surface area contributed by atoms with Crippen molar-refractivity contribution in [1.82, 2.24) is 9.55 Å². The largest absolute Gasteiger partial charge is 0.416 e. The maximum absolute atomic E-state index is 13.4. The van der Waals surface area contributed by atoms with Gasteiger partial charge in [-0.25, -0.2) is 4.98 Å². The summed E-state index contributed by atoms with van der Waals surface area (Å²) in [6, 6.07) is 7.96. The number of nitrogens with one attached hydrogen (secondary N) is 1. The monoisotopic (exact) mass is 488 g/mol. The smallest absolute Gasteiger partial charge is 0.322 e. The van der Waals surface area contributed by atoms with E-state index >= 15 is 0 Å². The Kier molecular flexibility index (Phi) is 4.26. The molecule has 140 valence electrons. The summed E-state index contributed by atoms with van der Waals surface area (Å²) < 4.78 is 64.3. The van der Waals surface area contributed by atoms with Crippen molar-refractivity contribution in [2.75, 3.05) is 5.32 Å². The average molecular weight is 488 g/mol. The lowest BCUT2D eigenvalue weighted by atomic mass is 10.1.